The van der Waals surface area contributed by atoms with E-state index in [1.54, 1.807) is 12.1 Å². The lowest BCUT2D eigenvalue weighted by atomic mass is 10.1. The van der Waals surface area contributed by atoms with Gasteiger partial charge in [-0.3, -0.25) is 0 Å². The first-order valence-corrected chi connectivity index (χ1v) is 7.69. The van der Waals surface area contributed by atoms with Crippen LogP contribution in [-0.2, 0) is 11.2 Å². The number of benzene rings is 1. The van der Waals surface area contributed by atoms with Crippen molar-refractivity contribution < 1.29 is 9.53 Å². The van der Waals surface area contributed by atoms with E-state index in [1.807, 2.05) is 0 Å². The van der Waals surface area contributed by atoms with Gasteiger partial charge < -0.3 is 15.0 Å². The zero-order chi connectivity index (χ0) is 16.2. The molecule has 0 amide bonds. The van der Waals surface area contributed by atoms with E-state index in [2.05, 4.69) is 56.3 Å². The number of ether oxygens (including phenoxy) is 1. The van der Waals surface area contributed by atoms with Crippen molar-refractivity contribution in [3.05, 3.63) is 47.7 Å². The lowest BCUT2D eigenvalue weighted by Gasteiger charge is -2.25. The van der Waals surface area contributed by atoms with Gasteiger partial charge in [-0.2, -0.15) is 0 Å². The molecule has 1 aromatic heterocycles. The minimum atomic E-state index is -0.480. The molecule has 1 aromatic carbocycles. The Balaban J connectivity index is 1.56. The Morgan fingerprint density at radius 3 is 2.87 bits per heavy atom. The Labute approximate surface area is 135 Å². The summed E-state index contributed by atoms with van der Waals surface area (Å²) in [5.74, 6) is 0.171. The highest BCUT2D eigenvalue weighted by Gasteiger charge is 2.24. The van der Waals surface area contributed by atoms with Crippen LogP contribution in [0, 0.1) is 0 Å². The molecule has 0 aliphatic carbocycles. The normalized spacial score (nSPS) is 16.1. The number of anilines is 2. The highest BCUT2D eigenvalue weighted by Crippen LogP contribution is 2.31. The topological polar surface area (TPSA) is 67.3 Å². The lowest BCUT2D eigenvalue weighted by molar-refractivity contribution is 0.0593. The summed E-state index contributed by atoms with van der Waals surface area (Å²) < 4.78 is 4.60. The van der Waals surface area contributed by atoms with Crippen LogP contribution in [0.25, 0.3) is 0 Å². The van der Waals surface area contributed by atoms with Gasteiger partial charge in [-0.25, -0.2) is 4.79 Å². The molecule has 0 spiro atoms. The Bertz CT molecular complexity index is 687. The van der Waals surface area contributed by atoms with E-state index in [9.17, 15) is 4.79 Å². The molecule has 1 aliphatic rings. The second-order valence-corrected chi connectivity index (χ2v) is 5.60. The van der Waals surface area contributed by atoms with Gasteiger partial charge in [0.15, 0.2) is 5.69 Å². The van der Waals surface area contributed by atoms with Crippen molar-refractivity contribution in [2.75, 3.05) is 30.4 Å². The first-order valence-electron chi connectivity index (χ1n) is 7.69. The predicted octanol–water partition coefficient (Wildman–Crippen LogP) is 2.13. The summed E-state index contributed by atoms with van der Waals surface area (Å²) in [7, 11) is 1.32. The van der Waals surface area contributed by atoms with Crippen LogP contribution >= 0.6 is 0 Å². The Morgan fingerprint density at radius 1 is 1.30 bits per heavy atom. The van der Waals surface area contributed by atoms with Gasteiger partial charge in [0.2, 0.25) is 0 Å². The van der Waals surface area contributed by atoms with Crippen LogP contribution in [0.3, 0.4) is 0 Å². The molecular weight excluding hydrogens is 292 g/mol. The summed E-state index contributed by atoms with van der Waals surface area (Å²) in [5.41, 5.74) is 2.93. The second-order valence-electron chi connectivity index (χ2n) is 5.60. The van der Waals surface area contributed by atoms with Crippen LogP contribution in [0.4, 0.5) is 11.5 Å². The summed E-state index contributed by atoms with van der Waals surface area (Å²) in [4.78, 5) is 13.7. The number of carbonyl (C=O) groups is 1. The lowest BCUT2D eigenvalue weighted by Crippen LogP contribution is -2.33. The average molecular weight is 312 g/mol. The quantitative estimate of drug-likeness (QED) is 0.853. The van der Waals surface area contributed by atoms with Gasteiger partial charge in [0, 0.05) is 24.8 Å². The number of hydrogen-bond acceptors (Lipinski definition) is 6. The molecule has 2 heterocycles. The van der Waals surface area contributed by atoms with Gasteiger partial charge in [-0.1, -0.05) is 18.2 Å². The molecule has 6 heteroatoms. The summed E-state index contributed by atoms with van der Waals surface area (Å²) in [6.45, 7) is 3.88. The van der Waals surface area contributed by atoms with Crippen LogP contribution in [0.2, 0.25) is 0 Å². The van der Waals surface area contributed by atoms with Crippen LogP contribution in [-0.4, -0.2) is 42.4 Å². The molecule has 0 saturated carbocycles. The average Bonchev–Trinajstić information content (AvgIpc) is 2.90. The number of fused-ring (bicyclic) bond motifs is 1. The standard InChI is InChI=1S/C17H20N4O2/c1-12-11-13-5-3-4-6-15(13)21(12)10-9-18-16-8-7-14(19-20-16)17(22)23-2/h3-8,12H,9-11H2,1-2H3,(H,18,20). The molecule has 23 heavy (non-hydrogen) atoms. The Morgan fingerprint density at radius 2 is 2.13 bits per heavy atom. The van der Waals surface area contributed by atoms with E-state index < -0.39 is 5.97 Å². The van der Waals surface area contributed by atoms with E-state index in [-0.39, 0.29) is 5.69 Å². The van der Waals surface area contributed by atoms with Gasteiger partial charge in [0.25, 0.3) is 0 Å². The molecule has 0 saturated heterocycles. The first kappa shape index (κ1) is 15.3. The number of esters is 1. The van der Waals surface area contributed by atoms with Crippen LogP contribution in [0.1, 0.15) is 23.0 Å². The second kappa shape index (κ2) is 6.64. The molecule has 2 aromatic rings. The van der Waals surface area contributed by atoms with Crippen molar-refractivity contribution in [1.29, 1.82) is 0 Å². The maximum atomic E-state index is 11.3. The van der Waals surface area contributed by atoms with Crippen LogP contribution in [0.5, 0.6) is 0 Å². The number of nitrogens with zero attached hydrogens (tertiary/aromatic N) is 3. The monoisotopic (exact) mass is 312 g/mol. The minimum Gasteiger partial charge on any atom is -0.464 e. The van der Waals surface area contributed by atoms with E-state index in [0.717, 1.165) is 19.5 Å². The summed E-state index contributed by atoms with van der Waals surface area (Å²) in [5, 5.41) is 11.1. The van der Waals surface area contributed by atoms with Gasteiger partial charge in [-0.15, -0.1) is 10.2 Å². The molecule has 3 rings (SSSR count). The number of aromatic nitrogens is 2. The van der Waals surface area contributed by atoms with Gasteiger partial charge in [-0.05, 0) is 37.1 Å². The number of methoxy groups -OCH3 is 1. The molecule has 0 fully saturated rings. The highest BCUT2D eigenvalue weighted by molar-refractivity contribution is 5.86. The number of rotatable bonds is 5. The molecule has 1 atom stereocenters. The van der Waals surface area contributed by atoms with Crippen molar-refractivity contribution in [3.63, 3.8) is 0 Å². The molecular formula is C17H20N4O2. The third kappa shape index (κ3) is 3.26. The number of para-hydroxylation sites is 1. The van der Waals surface area contributed by atoms with E-state index in [4.69, 9.17) is 0 Å². The maximum Gasteiger partial charge on any atom is 0.358 e. The van der Waals surface area contributed by atoms with Gasteiger partial charge in [0.1, 0.15) is 5.82 Å². The molecule has 1 unspecified atom stereocenters. The molecule has 6 nitrogen and oxygen atoms in total. The zero-order valence-corrected chi connectivity index (χ0v) is 13.3. The summed E-state index contributed by atoms with van der Waals surface area (Å²) >= 11 is 0. The van der Waals surface area contributed by atoms with Crippen molar-refractivity contribution in [3.8, 4) is 0 Å². The molecule has 120 valence electrons. The van der Waals surface area contributed by atoms with Gasteiger partial charge >= 0.3 is 5.97 Å². The maximum absolute atomic E-state index is 11.3. The predicted molar refractivity (Wildman–Crippen MR) is 88.8 cm³/mol. The number of carbonyl (C=O) groups excluding carboxylic acids is 1. The van der Waals surface area contributed by atoms with Crippen molar-refractivity contribution >= 4 is 17.5 Å². The zero-order valence-electron chi connectivity index (χ0n) is 13.3. The number of hydrogen-bond donors (Lipinski definition) is 1. The fourth-order valence-corrected chi connectivity index (χ4v) is 2.91. The van der Waals surface area contributed by atoms with Crippen LogP contribution < -0.4 is 10.2 Å². The van der Waals surface area contributed by atoms with Crippen LogP contribution in [0.15, 0.2) is 36.4 Å². The fourth-order valence-electron chi connectivity index (χ4n) is 2.91. The smallest absolute Gasteiger partial charge is 0.358 e. The SMILES string of the molecule is COC(=O)c1ccc(NCCN2c3ccccc3CC2C)nn1. The van der Waals surface area contributed by atoms with E-state index >= 15 is 0 Å². The van der Waals surface area contributed by atoms with Gasteiger partial charge in [0.05, 0.1) is 7.11 Å². The summed E-state index contributed by atoms with van der Waals surface area (Å²) in [6, 6.07) is 12.4. The van der Waals surface area contributed by atoms with E-state index in [1.165, 1.54) is 18.4 Å². The minimum absolute atomic E-state index is 0.208. The molecule has 0 radical (unpaired) electrons. The number of nitrogens with one attached hydrogen (secondary N) is 1. The van der Waals surface area contributed by atoms with Crippen molar-refractivity contribution in [1.82, 2.24) is 10.2 Å². The molecule has 1 aliphatic heterocycles. The molecule has 0 bridgehead atoms. The first-order chi connectivity index (χ1) is 11.2. The van der Waals surface area contributed by atoms with Crippen molar-refractivity contribution in [2.24, 2.45) is 0 Å². The third-order valence-electron chi connectivity index (χ3n) is 4.07. The van der Waals surface area contributed by atoms with E-state index in [0.29, 0.717) is 11.9 Å². The highest BCUT2D eigenvalue weighted by atomic mass is 16.5. The third-order valence-corrected chi connectivity index (χ3v) is 4.07. The van der Waals surface area contributed by atoms with Crippen molar-refractivity contribution in [2.45, 2.75) is 19.4 Å². The largest absolute Gasteiger partial charge is 0.464 e. The Kier molecular flexibility index (Phi) is 4.41. The molecule has 1 N–H and O–H groups in total. The Hall–Kier alpha value is -2.63. The fraction of sp³-hybridized carbons (Fsp3) is 0.353. The summed E-state index contributed by atoms with van der Waals surface area (Å²) in [6.07, 6.45) is 1.09.